The van der Waals surface area contributed by atoms with Crippen LogP contribution >= 0.6 is 0 Å². The number of benzene rings is 2. The summed E-state index contributed by atoms with van der Waals surface area (Å²) in [4.78, 5) is 16.9. The van der Waals surface area contributed by atoms with Gasteiger partial charge in [-0.3, -0.25) is 9.69 Å². The Morgan fingerprint density at radius 1 is 1.14 bits per heavy atom. The standard InChI is InChI=1S/C23H27FN2O3/c1-28-20-8-7-19(21(24)11-20)14-25-9-10-29-17-23(15-25)12-22(27)26(16-23)13-18-5-3-2-4-6-18/h2-8,11H,9-10,12-17H2,1H3. The van der Waals surface area contributed by atoms with Crippen molar-refractivity contribution in [3.8, 4) is 5.75 Å². The summed E-state index contributed by atoms with van der Waals surface area (Å²) in [6, 6.07) is 15.0. The van der Waals surface area contributed by atoms with Crippen LogP contribution in [0.15, 0.2) is 48.5 Å². The van der Waals surface area contributed by atoms with Crippen molar-refractivity contribution in [1.82, 2.24) is 9.80 Å². The van der Waals surface area contributed by atoms with E-state index < -0.39 is 0 Å². The number of methoxy groups -OCH3 is 1. The number of carbonyl (C=O) groups is 1. The van der Waals surface area contributed by atoms with Crippen molar-refractivity contribution in [3.05, 3.63) is 65.5 Å². The lowest BCUT2D eigenvalue weighted by Gasteiger charge is -2.31. The molecule has 2 aromatic carbocycles. The van der Waals surface area contributed by atoms with Gasteiger partial charge in [-0.05, 0) is 11.6 Å². The summed E-state index contributed by atoms with van der Waals surface area (Å²) < 4.78 is 25.4. The summed E-state index contributed by atoms with van der Waals surface area (Å²) in [5.74, 6) is 0.409. The van der Waals surface area contributed by atoms with Gasteiger partial charge in [0.05, 0.1) is 20.3 Å². The summed E-state index contributed by atoms with van der Waals surface area (Å²) in [6.45, 7) is 4.37. The average Bonchev–Trinajstić information content (AvgIpc) is 2.89. The second kappa shape index (κ2) is 8.51. The molecule has 1 unspecified atom stereocenters. The molecule has 0 radical (unpaired) electrons. The van der Waals surface area contributed by atoms with Crippen LogP contribution in [-0.2, 0) is 22.6 Å². The zero-order chi connectivity index (χ0) is 20.3. The van der Waals surface area contributed by atoms with Crippen molar-refractivity contribution < 1.29 is 18.7 Å². The molecule has 1 atom stereocenters. The maximum Gasteiger partial charge on any atom is 0.223 e. The van der Waals surface area contributed by atoms with E-state index in [9.17, 15) is 9.18 Å². The van der Waals surface area contributed by atoms with Crippen molar-refractivity contribution in [2.75, 3.05) is 40.0 Å². The number of nitrogens with zero attached hydrogens (tertiary/aromatic N) is 2. The van der Waals surface area contributed by atoms with Gasteiger partial charge in [0.2, 0.25) is 5.91 Å². The summed E-state index contributed by atoms with van der Waals surface area (Å²) >= 11 is 0. The molecule has 2 aliphatic rings. The number of amides is 1. The van der Waals surface area contributed by atoms with Crippen molar-refractivity contribution in [1.29, 1.82) is 0 Å². The van der Waals surface area contributed by atoms with Gasteiger partial charge in [-0.25, -0.2) is 4.39 Å². The Kier molecular flexibility index (Phi) is 5.83. The first-order valence-electron chi connectivity index (χ1n) is 10.0. The van der Waals surface area contributed by atoms with Crippen LogP contribution < -0.4 is 4.74 Å². The fourth-order valence-corrected chi connectivity index (χ4v) is 4.37. The lowest BCUT2D eigenvalue weighted by molar-refractivity contribution is -0.128. The van der Waals surface area contributed by atoms with Crippen molar-refractivity contribution in [2.24, 2.45) is 5.41 Å². The molecule has 1 amide bonds. The number of hydrogen-bond donors (Lipinski definition) is 0. The molecule has 2 fully saturated rings. The maximum atomic E-state index is 14.4. The number of hydrogen-bond acceptors (Lipinski definition) is 4. The Bertz CT molecular complexity index is 860. The van der Waals surface area contributed by atoms with E-state index in [-0.39, 0.29) is 17.1 Å². The highest BCUT2D eigenvalue weighted by Gasteiger charge is 2.45. The van der Waals surface area contributed by atoms with Gasteiger partial charge in [0.15, 0.2) is 0 Å². The number of halogens is 1. The molecule has 5 nitrogen and oxygen atoms in total. The van der Waals surface area contributed by atoms with Gasteiger partial charge in [-0.15, -0.1) is 0 Å². The maximum absolute atomic E-state index is 14.4. The molecule has 0 aromatic heterocycles. The zero-order valence-corrected chi connectivity index (χ0v) is 16.8. The molecule has 2 heterocycles. The molecule has 4 rings (SSSR count). The Balaban J connectivity index is 1.46. The van der Waals surface area contributed by atoms with Crippen LogP contribution in [0.4, 0.5) is 4.39 Å². The number of carbonyl (C=O) groups excluding carboxylic acids is 1. The quantitative estimate of drug-likeness (QED) is 0.776. The minimum atomic E-state index is -0.267. The van der Waals surface area contributed by atoms with Gasteiger partial charge in [-0.1, -0.05) is 36.4 Å². The summed E-state index contributed by atoms with van der Waals surface area (Å²) in [7, 11) is 1.53. The minimum absolute atomic E-state index is 0.162. The molecule has 0 N–H and O–H groups in total. The van der Waals surface area contributed by atoms with E-state index in [1.54, 1.807) is 12.1 Å². The normalized spacial score (nSPS) is 22.8. The minimum Gasteiger partial charge on any atom is -0.497 e. The molecule has 29 heavy (non-hydrogen) atoms. The van der Waals surface area contributed by atoms with Gasteiger partial charge in [0, 0.05) is 56.2 Å². The van der Waals surface area contributed by atoms with E-state index in [4.69, 9.17) is 9.47 Å². The Morgan fingerprint density at radius 2 is 1.97 bits per heavy atom. The largest absolute Gasteiger partial charge is 0.497 e. The molecule has 1 spiro atoms. The third-order valence-electron chi connectivity index (χ3n) is 5.79. The Morgan fingerprint density at radius 3 is 2.72 bits per heavy atom. The van der Waals surface area contributed by atoms with Crippen LogP contribution in [-0.4, -0.2) is 55.7 Å². The van der Waals surface area contributed by atoms with Crippen LogP contribution in [0.5, 0.6) is 5.75 Å². The first kappa shape index (κ1) is 19.9. The van der Waals surface area contributed by atoms with E-state index in [1.807, 2.05) is 35.2 Å². The fraction of sp³-hybridized carbons (Fsp3) is 0.435. The average molecular weight is 398 g/mol. The Labute approximate surface area is 171 Å². The van der Waals surface area contributed by atoms with E-state index in [0.29, 0.717) is 50.6 Å². The molecule has 2 saturated heterocycles. The van der Waals surface area contributed by atoms with E-state index >= 15 is 0 Å². The predicted molar refractivity (Wildman–Crippen MR) is 108 cm³/mol. The summed E-state index contributed by atoms with van der Waals surface area (Å²) in [5.41, 5.74) is 1.52. The third kappa shape index (κ3) is 4.60. The first-order chi connectivity index (χ1) is 14.1. The lowest BCUT2D eigenvalue weighted by atomic mass is 9.87. The molecule has 154 valence electrons. The van der Waals surface area contributed by atoms with Gasteiger partial charge in [0.25, 0.3) is 0 Å². The van der Waals surface area contributed by atoms with Crippen LogP contribution in [0, 0.1) is 11.2 Å². The fourth-order valence-electron chi connectivity index (χ4n) is 4.37. The third-order valence-corrected chi connectivity index (χ3v) is 5.79. The highest BCUT2D eigenvalue weighted by Crippen LogP contribution is 2.35. The van der Waals surface area contributed by atoms with E-state index in [2.05, 4.69) is 4.90 Å². The molecular weight excluding hydrogens is 371 g/mol. The smallest absolute Gasteiger partial charge is 0.223 e. The molecule has 0 aliphatic carbocycles. The van der Waals surface area contributed by atoms with Crippen LogP contribution in [0.1, 0.15) is 17.5 Å². The molecule has 2 aromatic rings. The van der Waals surface area contributed by atoms with E-state index in [0.717, 1.165) is 18.7 Å². The highest BCUT2D eigenvalue weighted by molar-refractivity contribution is 5.79. The van der Waals surface area contributed by atoms with Gasteiger partial charge in [-0.2, -0.15) is 0 Å². The number of ether oxygens (including phenoxy) is 2. The number of rotatable bonds is 5. The van der Waals surface area contributed by atoms with Gasteiger partial charge in [0.1, 0.15) is 11.6 Å². The Hall–Kier alpha value is -2.44. The van der Waals surface area contributed by atoms with Crippen LogP contribution in [0.25, 0.3) is 0 Å². The van der Waals surface area contributed by atoms with Gasteiger partial charge < -0.3 is 14.4 Å². The number of likely N-dealkylation sites (tertiary alicyclic amines) is 1. The van der Waals surface area contributed by atoms with Crippen molar-refractivity contribution in [2.45, 2.75) is 19.5 Å². The predicted octanol–water partition coefficient (Wildman–Crippen LogP) is 3.09. The van der Waals surface area contributed by atoms with Gasteiger partial charge >= 0.3 is 0 Å². The SMILES string of the molecule is COc1ccc(CN2CCOCC3(CC(=O)N(Cc4ccccc4)C3)C2)c(F)c1. The van der Waals surface area contributed by atoms with Crippen LogP contribution in [0.2, 0.25) is 0 Å². The second-order valence-electron chi connectivity index (χ2n) is 8.13. The highest BCUT2D eigenvalue weighted by atomic mass is 19.1. The summed E-state index contributed by atoms with van der Waals surface area (Å²) in [5, 5.41) is 0. The van der Waals surface area contributed by atoms with E-state index in [1.165, 1.54) is 13.2 Å². The lowest BCUT2D eigenvalue weighted by Crippen LogP contribution is -2.40. The second-order valence-corrected chi connectivity index (χ2v) is 8.13. The van der Waals surface area contributed by atoms with Crippen molar-refractivity contribution >= 4 is 5.91 Å². The van der Waals surface area contributed by atoms with Crippen LogP contribution in [0.3, 0.4) is 0 Å². The molecule has 6 heteroatoms. The molecular formula is C23H27FN2O3. The topological polar surface area (TPSA) is 42.0 Å². The molecule has 2 aliphatic heterocycles. The molecule has 0 bridgehead atoms. The zero-order valence-electron chi connectivity index (χ0n) is 16.8. The summed E-state index contributed by atoms with van der Waals surface area (Å²) in [6.07, 6.45) is 0.474. The van der Waals surface area contributed by atoms with Crippen molar-refractivity contribution in [3.63, 3.8) is 0 Å². The molecule has 0 saturated carbocycles. The first-order valence-corrected chi connectivity index (χ1v) is 10.0. The monoisotopic (exact) mass is 398 g/mol.